The molecule has 0 atom stereocenters. The van der Waals surface area contributed by atoms with Crippen molar-refractivity contribution in [3.05, 3.63) is 34.6 Å². The number of hydrogen-bond acceptors (Lipinski definition) is 2. The molecule has 1 aromatic carbocycles. The van der Waals surface area contributed by atoms with Crippen molar-refractivity contribution in [3.63, 3.8) is 0 Å². The van der Waals surface area contributed by atoms with Gasteiger partial charge in [-0.1, -0.05) is 30.7 Å². The predicted molar refractivity (Wildman–Crippen MR) is 61.2 cm³/mol. The van der Waals surface area contributed by atoms with Gasteiger partial charge in [-0.15, -0.1) is 0 Å². The molecule has 0 spiro atoms. The Morgan fingerprint density at radius 3 is 2.94 bits per heavy atom. The average molecular weight is 245 g/mol. The SMILES string of the molecule is CCCOCC(=O)Cc1cccc(F)c1Cl. The van der Waals surface area contributed by atoms with E-state index < -0.39 is 5.82 Å². The van der Waals surface area contributed by atoms with E-state index in [-0.39, 0.29) is 23.8 Å². The van der Waals surface area contributed by atoms with Crippen LogP contribution in [0.15, 0.2) is 18.2 Å². The molecule has 0 radical (unpaired) electrons. The summed E-state index contributed by atoms with van der Waals surface area (Å²) in [4.78, 5) is 11.4. The summed E-state index contributed by atoms with van der Waals surface area (Å²) in [6.45, 7) is 2.58. The number of ether oxygens (including phenoxy) is 1. The number of halogens is 2. The summed E-state index contributed by atoms with van der Waals surface area (Å²) in [7, 11) is 0. The van der Waals surface area contributed by atoms with E-state index in [1.165, 1.54) is 12.1 Å². The smallest absolute Gasteiger partial charge is 0.162 e. The number of carbonyl (C=O) groups excluding carboxylic acids is 1. The van der Waals surface area contributed by atoms with Gasteiger partial charge in [0.2, 0.25) is 0 Å². The molecule has 0 unspecified atom stereocenters. The largest absolute Gasteiger partial charge is 0.374 e. The van der Waals surface area contributed by atoms with E-state index in [0.717, 1.165) is 6.42 Å². The third-order valence-corrected chi connectivity index (χ3v) is 2.45. The Labute approximate surface area is 99.4 Å². The van der Waals surface area contributed by atoms with Crippen molar-refractivity contribution in [2.75, 3.05) is 13.2 Å². The molecule has 1 rings (SSSR count). The third kappa shape index (κ3) is 3.91. The molecule has 0 heterocycles. The van der Waals surface area contributed by atoms with Crippen molar-refractivity contribution < 1.29 is 13.9 Å². The van der Waals surface area contributed by atoms with Gasteiger partial charge >= 0.3 is 0 Å². The van der Waals surface area contributed by atoms with Gasteiger partial charge in [-0.3, -0.25) is 4.79 Å². The van der Waals surface area contributed by atoms with Gasteiger partial charge in [-0.2, -0.15) is 0 Å². The van der Waals surface area contributed by atoms with Crippen LogP contribution in [0.1, 0.15) is 18.9 Å². The van der Waals surface area contributed by atoms with Crippen LogP contribution in [0.4, 0.5) is 4.39 Å². The molecule has 0 N–H and O–H groups in total. The van der Waals surface area contributed by atoms with E-state index in [0.29, 0.717) is 12.2 Å². The molecule has 2 nitrogen and oxygen atoms in total. The standard InChI is InChI=1S/C12H14ClFO2/c1-2-6-16-8-10(15)7-9-4-3-5-11(14)12(9)13/h3-5H,2,6-8H2,1H3. The lowest BCUT2D eigenvalue weighted by Crippen LogP contribution is -2.12. The van der Waals surface area contributed by atoms with Crippen LogP contribution in [0.2, 0.25) is 5.02 Å². The zero-order valence-corrected chi connectivity index (χ0v) is 9.89. The summed E-state index contributed by atoms with van der Waals surface area (Å²) in [6, 6.07) is 4.45. The molecule has 0 bridgehead atoms. The second-order valence-electron chi connectivity index (χ2n) is 3.48. The summed E-state index contributed by atoms with van der Waals surface area (Å²) >= 11 is 5.73. The van der Waals surface area contributed by atoms with Crippen LogP contribution < -0.4 is 0 Å². The van der Waals surface area contributed by atoms with E-state index in [4.69, 9.17) is 16.3 Å². The molecule has 0 aromatic heterocycles. The molecule has 0 aliphatic carbocycles. The lowest BCUT2D eigenvalue weighted by Gasteiger charge is -2.05. The number of ketones is 1. The zero-order chi connectivity index (χ0) is 12.0. The van der Waals surface area contributed by atoms with Crippen LogP contribution in [-0.2, 0) is 16.0 Å². The minimum atomic E-state index is -0.499. The van der Waals surface area contributed by atoms with Gasteiger partial charge < -0.3 is 4.74 Å². The van der Waals surface area contributed by atoms with Crippen LogP contribution in [0.5, 0.6) is 0 Å². The highest BCUT2D eigenvalue weighted by molar-refractivity contribution is 6.31. The number of benzene rings is 1. The highest BCUT2D eigenvalue weighted by Crippen LogP contribution is 2.20. The second kappa shape index (κ2) is 6.61. The Hall–Kier alpha value is -0.930. The Balaban J connectivity index is 2.53. The molecule has 0 saturated carbocycles. The van der Waals surface area contributed by atoms with Crippen LogP contribution in [-0.4, -0.2) is 19.0 Å². The van der Waals surface area contributed by atoms with Gasteiger partial charge in [0.05, 0.1) is 5.02 Å². The van der Waals surface area contributed by atoms with Gasteiger partial charge in [0.15, 0.2) is 5.78 Å². The fourth-order valence-corrected chi connectivity index (χ4v) is 1.47. The highest BCUT2D eigenvalue weighted by Gasteiger charge is 2.10. The first-order valence-corrected chi connectivity index (χ1v) is 5.55. The summed E-state index contributed by atoms with van der Waals surface area (Å²) in [6.07, 6.45) is 0.980. The van der Waals surface area contributed by atoms with E-state index in [2.05, 4.69) is 0 Å². The molecule has 0 saturated heterocycles. The lowest BCUT2D eigenvalue weighted by atomic mass is 10.1. The number of rotatable bonds is 6. The summed E-state index contributed by atoms with van der Waals surface area (Å²) < 4.78 is 18.2. The number of carbonyl (C=O) groups is 1. The Morgan fingerprint density at radius 2 is 2.25 bits per heavy atom. The van der Waals surface area contributed by atoms with Crippen molar-refractivity contribution in [2.45, 2.75) is 19.8 Å². The molecule has 16 heavy (non-hydrogen) atoms. The first-order valence-electron chi connectivity index (χ1n) is 5.17. The average Bonchev–Trinajstić information content (AvgIpc) is 2.25. The lowest BCUT2D eigenvalue weighted by molar-refractivity contribution is -0.122. The fourth-order valence-electron chi connectivity index (χ4n) is 1.28. The van der Waals surface area contributed by atoms with Crippen molar-refractivity contribution in [1.29, 1.82) is 0 Å². The van der Waals surface area contributed by atoms with Crippen molar-refractivity contribution >= 4 is 17.4 Å². The van der Waals surface area contributed by atoms with Gasteiger partial charge in [-0.05, 0) is 18.1 Å². The molecule has 1 aromatic rings. The Bertz CT molecular complexity index is 366. The molecule has 88 valence electrons. The van der Waals surface area contributed by atoms with Crippen LogP contribution >= 0.6 is 11.6 Å². The monoisotopic (exact) mass is 244 g/mol. The molecule has 0 amide bonds. The van der Waals surface area contributed by atoms with E-state index in [1.807, 2.05) is 6.92 Å². The molecular weight excluding hydrogens is 231 g/mol. The maximum Gasteiger partial charge on any atom is 0.162 e. The fraction of sp³-hybridized carbons (Fsp3) is 0.417. The third-order valence-electron chi connectivity index (χ3n) is 2.03. The minimum Gasteiger partial charge on any atom is -0.374 e. The van der Waals surface area contributed by atoms with Gasteiger partial charge in [-0.25, -0.2) is 4.39 Å². The van der Waals surface area contributed by atoms with E-state index >= 15 is 0 Å². The molecule has 4 heteroatoms. The van der Waals surface area contributed by atoms with Crippen molar-refractivity contribution in [3.8, 4) is 0 Å². The summed E-state index contributed by atoms with van der Waals surface area (Å²) in [5.41, 5.74) is 0.506. The molecule has 0 fully saturated rings. The summed E-state index contributed by atoms with van der Waals surface area (Å²) in [5, 5.41) is 0.0198. The molecule has 0 aliphatic heterocycles. The number of hydrogen-bond donors (Lipinski definition) is 0. The van der Waals surface area contributed by atoms with E-state index in [1.54, 1.807) is 6.07 Å². The Kier molecular flexibility index (Phi) is 5.43. The summed E-state index contributed by atoms with van der Waals surface area (Å²) in [5.74, 6) is -0.595. The van der Waals surface area contributed by atoms with Crippen LogP contribution in [0.3, 0.4) is 0 Å². The minimum absolute atomic E-state index is 0.0198. The van der Waals surface area contributed by atoms with Crippen molar-refractivity contribution in [2.24, 2.45) is 0 Å². The quantitative estimate of drug-likeness (QED) is 0.719. The normalized spacial score (nSPS) is 10.4. The highest BCUT2D eigenvalue weighted by atomic mass is 35.5. The zero-order valence-electron chi connectivity index (χ0n) is 9.13. The maximum absolute atomic E-state index is 13.1. The topological polar surface area (TPSA) is 26.3 Å². The Morgan fingerprint density at radius 1 is 1.50 bits per heavy atom. The van der Waals surface area contributed by atoms with Crippen LogP contribution in [0.25, 0.3) is 0 Å². The molecule has 0 aliphatic rings. The first-order chi connectivity index (χ1) is 7.65. The predicted octanol–water partition coefficient (Wildman–Crippen LogP) is 3.02. The maximum atomic E-state index is 13.1. The van der Waals surface area contributed by atoms with Gasteiger partial charge in [0, 0.05) is 13.0 Å². The number of Topliss-reactive ketones (excluding diaryl/α,β-unsaturated/α-hetero) is 1. The molecular formula is C12H14ClFO2. The van der Waals surface area contributed by atoms with Gasteiger partial charge in [0.25, 0.3) is 0 Å². The second-order valence-corrected chi connectivity index (χ2v) is 3.86. The van der Waals surface area contributed by atoms with Gasteiger partial charge in [0.1, 0.15) is 12.4 Å². The van der Waals surface area contributed by atoms with E-state index in [9.17, 15) is 9.18 Å². The first kappa shape index (κ1) is 13.1. The van der Waals surface area contributed by atoms with Crippen molar-refractivity contribution in [1.82, 2.24) is 0 Å². The van der Waals surface area contributed by atoms with Crippen LogP contribution in [0, 0.1) is 5.82 Å².